The van der Waals surface area contributed by atoms with E-state index in [0.29, 0.717) is 23.5 Å². The fraction of sp³-hybridized carbons (Fsp3) is 0.350. The fourth-order valence-corrected chi connectivity index (χ4v) is 3.11. The molecule has 0 atom stereocenters. The Morgan fingerprint density at radius 2 is 1.77 bits per heavy atom. The third kappa shape index (κ3) is 4.30. The number of para-hydroxylation sites is 1. The number of benzene rings is 1. The molecular formula is C20H21N5O. The molecule has 1 aromatic carbocycles. The summed E-state index contributed by atoms with van der Waals surface area (Å²) in [4.78, 5) is 8.93. The number of nitriles is 2. The van der Waals surface area contributed by atoms with Crippen molar-refractivity contribution < 1.29 is 4.74 Å². The maximum absolute atomic E-state index is 9.27. The summed E-state index contributed by atoms with van der Waals surface area (Å²) >= 11 is 0. The lowest BCUT2D eigenvalue weighted by atomic mass is 10.2. The molecule has 6 nitrogen and oxygen atoms in total. The Bertz CT molecular complexity index is 823. The van der Waals surface area contributed by atoms with Crippen LogP contribution in [0.25, 0.3) is 0 Å². The maximum atomic E-state index is 9.27. The first kappa shape index (κ1) is 17.7. The normalized spacial score (nSPS) is 14.9. The zero-order chi connectivity index (χ0) is 18.2. The Morgan fingerprint density at radius 3 is 2.62 bits per heavy atom. The molecule has 0 bridgehead atoms. The minimum absolute atomic E-state index is 0.547. The van der Waals surface area contributed by atoms with E-state index in [1.165, 1.54) is 0 Å². The third-order valence-electron chi connectivity index (χ3n) is 4.47. The monoisotopic (exact) mass is 347 g/mol. The lowest BCUT2D eigenvalue weighted by Gasteiger charge is -2.23. The lowest BCUT2D eigenvalue weighted by molar-refractivity contribution is 0.218. The lowest BCUT2D eigenvalue weighted by Crippen LogP contribution is -2.33. The van der Waals surface area contributed by atoms with Crippen LogP contribution >= 0.6 is 0 Å². The number of hydrogen-bond acceptors (Lipinski definition) is 6. The zero-order valence-electron chi connectivity index (χ0n) is 14.6. The van der Waals surface area contributed by atoms with Crippen molar-refractivity contribution in [2.45, 2.75) is 6.42 Å². The van der Waals surface area contributed by atoms with E-state index in [-0.39, 0.29) is 0 Å². The minimum atomic E-state index is 0.547. The van der Waals surface area contributed by atoms with Gasteiger partial charge in [-0.05, 0) is 30.7 Å². The van der Waals surface area contributed by atoms with Gasteiger partial charge in [-0.25, -0.2) is 4.98 Å². The van der Waals surface area contributed by atoms with Gasteiger partial charge < -0.3 is 9.64 Å². The molecule has 1 saturated heterocycles. The molecule has 0 amide bonds. The second kappa shape index (κ2) is 8.84. The van der Waals surface area contributed by atoms with Crippen LogP contribution in [0.5, 0.6) is 5.75 Å². The van der Waals surface area contributed by atoms with Crippen LogP contribution < -0.4 is 9.64 Å². The van der Waals surface area contributed by atoms with Gasteiger partial charge in [-0.1, -0.05) is 12.1 Å². The number of anilines is 1. The molecule has 0 aliphatic carbocycles. The number of pyridine rings is 1. The van der Waals surface area contributed by atoms with E-state index in [1.807, 2.05) is 24.3 Å². The van der Waals surface area contributed by atoms with E-state index in [9.17, 15) is 5.26 Å². The van der Waals surface area contributed by atoms with Gasteiger partial charge in [0.25, 0.3) is 0 Å². The Morgan fingerprint density at radius 1 is 0.962 bits per heavy atom. The third-order valence-corrected chi connectivity index (χ3v) is 4.47. The predicted molar refractivity (Wildman–Crippen MR) is 98.9 cm³/mol. The molecule has 1 aliphatic rings. The van der Waals surface area contributed by atoms with Crippen LogP contribution in [-0.4, -0.2) is 49.2 Å². The Kier molecular flexibility index (Phi) is 6.03. The van der Waals surface area contributed by atoms with E-state index < -0.39 is 0 Å². The Hall–Kier alpha value is -3.09. The molecule has 0 unspecified atom stereocenters. The molecule has 1 aliphatic heterocycles. The molecule has 2 heterocycles. The summed E-state index contributed by atoms with van der Waals surface area (Å²) in [5.74, 6) is 1.41. The first-order chi connectivity index (χ1) is 12.8. The Balaban J connectivity index is 1.53. The second-order valence-corrected chi connectivity index (χ2v) is 6.13. The highest BCUT2D eigenvalue weighted by molar-refractivity contribution is 5.53. The van der Waals surface area contributed by atoms with Crippen molar-refractivity contribution in [3.05, 3.63) is 53.7 Å². The number of aromatic nitrogens is 1. The largest absolute Gasteiger partial charge is 0.491 e. The number of ether oxygens (including phenoxy) is 1. The number of nitrogens with zero attached hydrogens (tertiary/aromatic N) is 5. The highest BCUT2D eigenvalue weighted by atomic mass is 16.5. The van der Waals surface area contributed by atoms with Crippen molar-refractivity contribution in [3.63, 3.8) is 0 Å². The Labute approximate surface area is 153 Å². The van der Waals surface area contributed by atoms with Crippen molar-refractivity contribution in [3.8, 4) is 17.9 Å². The van der Waals surface area contributed by atoms with Gasteiger partial charge >= 0.3 is 0 Å². The summed E-state index contributed by atoms with van der Waals surface area (Å²) in [6, 6.07) is 15.3. The quantitative estimate of drug-likeness (QED) is 0.827. The average molecular weight is 347 g/mol. The minimum Gasteiger partial charge on any atom is -0.491 e. The molecule has 0 N–H and O–H groups in total. The van der Waals surface area contributed by atoms with Gasteiger partial charge in [0.2, 0.25) is 0 Å². The van der Waals surface area contributed by atoms with E-state index >= 15 is 0 Å². The molecule has 26 heavy (non-hydrogen) atoms. The van der Waals surface area contributed by atoms with Crippen LogP contribution in [-0.2, 0) is 0 Å². The van der Waals surface area contributed by atoms with Gasteiger partial charge in [0.15, 0.2) is 0 Å². The second-order valence-electron chi connectivity index (χ2n) is 6.13. The van der Waals surface area contributed by atoms with E-state index in [0.717, 1.165) is 45.0 Å². The zero-order valence-corrected chi connectivity index (χ0v) is 14.6. The van der Waals surface area contributed by atoms with Crippen molar-refractivity contribution in [1.82, 2.24) is 9.88 Å². The molecule has 6 heteroatoms. The standard InChI is InChI=1S/C20H21N5O/c21-15-17-5-1-2-7-19(17)26-14-13-24-9-4-10-25(12-11-24)20-18(16-22)6-3-8-23-20/h1-3,5-8H,4,9-14H2. The maximum Gasteiger partial charge on any atom is 0.146 e. The smallest absolute Gasteiger partial charge is 0.146 e. The summed E-state index contributed by atoms with van der Waals surface area (Å²) in [7, 11) is 0. The highest BCUT2D eigenvalue weighted by Crippen LogP contribution is 2.19. The molecule has 0 radical (unpaired) electrons. The molecular weight excluding hydrogens is 326 g/mol. The molecule has 2 aromatic rings. The van der Waals surface area contributed by atoms with Crippen LogP contribution in [0.1, 0.15) is 17.5 Å². The van der Waals surface area contributed by atoms with Crippen LogP contribution in [0.3, 0.4) is 0 Å². The van der Waals surface area contributed by atoms with E-state index in [1.54, 1.807) is 18.3 Å². The van der Waals surface area contributed by atoms with Gasteiger partial charge in [0.1, 0.15) is 30.3 Å². The van der Waals surface area contributed by atoms with Crippen LogP contribution in [0.2, 0.25) is 0 Å². The van der Waals surface area contributed by atoms with Crippen LogP contribution in [0.4, 0.5) is 5.82 Å². The van der Waals surface area contributed by atoms with Crippen LogP contribution in [0.15, 0.2) is 42.6 Å². The van der Waals surface area contributed by atoms with Crippen molar-refractivity contribution in [2.24, 2.45) is 0 Å². The first-order valence-corrected chi connectivity index (χ1v) is 8.76. The molecule has 1 aromatic heterocycles. The van der Waals surface area contributed by atoms with Crippen LogP contribution in [0, 0.1) is 22.7 Å². The first-order valence-electron chi connectivity index (χ1n) is 8.76. The number of hydrogen-bond donors (Lipinski definition) is 0. The number of rotatable bonds is 5. The van der Waals surface area contributed by atoms with Gasteiger partial charge in [-0.15, -0.1) is 0 Å². The van der Waals surface area contributed by atoms with E-state index in [4.69, 9.17) is 10.00 Å². The predicted octanol–water partition coefficient (Wildman–Crippen LogP) is 2.42. The molecule has 0 saturated carbocycles. The summed E-state index contributed by atoms with van der Waals surface area (Å²) in [5, 5.41) is 18.4. The van der Waals surface area contributed by atoms with Crippen molar-refractivity contribution in [1.29, 1.82) is 10.5 Å². The van der Waals surface area contributed by atoms with Gasteiger partial charge in [0.05, 0.1) is 11.1 Å². The van der Waals surface area contributed by atoms with Gasteiger partial charge in [0, 0.05) is 38.9 Å². The highest BCUT2D eigenvalue weighted by Gasteiger charge is 2.18. The average Bonchev–Trinajstić information content (AvgIpc) is 2.94. The molecule has 132 valence electrons. The summed E-state index contributed by atoms with van der Waals surface area (Å²) in [6.07, 6.45) is 2.75. The van der Waals surface area contributed by atoms with E-state index in [2.05, 4.69) is 26.9 Å². The topological polar surface area (TPSA) is 76.2 Å². The summed E-state index contributed by atoms with van der Waals surface area (Å²) < 4.78 is 5.79. The molecule has 3 rings (SSSR count). The molecule has 0 spiro atoms. The summed E-state index contributed by atoms with van der Waals surface area (Å²) in [6.45, 7) is 4.95. The van der Waals surface area contributed by atoms with Crippen molar-refractivity contribution in [2.75, 3.05) is 44.2 Å². The molecule has 1 fully saturated rings. The summed E-state index contributed by atoms with van der Waals surface area (Å²) in [5.41, 5.74) is 1.19. The van der Waals surface area contributed by atoms with Gasteiger partial charge in [-0.3, -0.25) is 4.90 Å². The van der Waals surface area contributed by atoms with Crippen molar-refractivity contribution >= 4 is 5.82 Å². The van der Waals surface area contributed by atoms with Gasteiger partial charge in [-0.2, -0.15) is 10.5 Å². The fourth-order valence-electron chi connectivity index (χ4n) is 3.11. The SMILES string of the molecule is N#Cc1ccccc1OCCN1CCCN(c2ncccc2C#N)CC1.